The van der Waals surface area contributed by atoms with Gasteiger partial charge in [-0.25, -0.2) is 0 Å². The van der Waals surface area contributed by atoms with Crippen LogP contribution in [-0.4, -0.2) is 16.3 Å². The first-order valence-electron chi connectivity index (χ1n) is 3.75. The highest BCUT2D eigenvalue weighted by Gasteiger charge is 2.07. The molecule has 0 bridgehead atoms. The van der Waals surface area contributed by atoms with Crippen molar-refractivity contribution in [2.24, 2.45) is 5.50 Å². The van der Waals surface area contributed by atoms with Gasteiger partial charge in [0.25, 0.3) is 8.53 Å². The van der Waals surface area contributed by atoms with E-state index < -0.39 is 14.8 Å². The van der Waals surface area contributed by atoms with Crippen molar-refractivity contribution in [1.82, 2.24) is 0 Å². The average molecular weight is 181 g/mol. The summed E-state index contributed by atoms with van der Waals surface area (Å²) in [6.07, 6.45) is 2.71. The first-order valence-corrected chi connectivity index (χ1v) is 5.03. The summed E-state index contributed by atoms with van der Waals surface area (Å²) >= 11 is 0. The molecule has 0 saturated heterocycles. The van der Waals surface area contributed by atoms with Gasteiger partial charge in [-0.1, -0.05) is 19.8 Å². The summed E-state index contributed by atoms with van der Waals surface area (Å²) in [5.41, 5.74) is 4.94. The van der Waals surface area contributed by atoms with E-state index in [9.17, 15) is 0 Å². The maximum atomic E-state index is 9.00. The van der Waals surface area contributed by atoms with E-state index in [2.05, 4.69) is 11.4 Å². The zero-order valence-corrected chi connectivity index (χ0v) is 7.63. The van der Waals surface area contributed by atoms with Crippen LogP contribution in [0.1, 0.15) is 32.6 Å². The van der Waals surface area contributed by atoms with Gasteiger partial charge >= 0.3 is 0 Å². The molecule has 0 fully saturated rings. The van der Waals surface area contributed by atoms with E-state index in [-0.39, 0.29) is 0 Å². The molecular formula is C6H16NO3P. The summed E-state index contributed by atoms with van der Waals surface area (Å²) < 4.78 is 4.55. The lowest BCUT2D eigenvalue weighted by Gasteiger charge is -2.11. The van der Waals surface area contributed by atoms with Crippen LogP contribution in [-0.2, 0) is 4.52 Å². The summed E-state index contributed by atoms with van der Waals surface area (Å²) in [6.45, 7) is 2.08. The number of aliphatic hydroxyl groups is 1. The second-order valence-electron chi connectivity index (χ2n) is 2.36. The highest BCUT2D eigenvalue weighted by atomic mass is 31.2. The van der Waals surface area contributed by atoms with Gasteiger partial charge in [0.1, 0.15) is 0 Å². The Morgan fingerprint density at radius 2 is 2.18 bits per heavy atom. The van der Waals surface area contributed by atoms with Crippen molar-refractivity contribution in [3.05, 3.63) is 0 Å². The minimum atomic E-state index is -1.91. The van der Waals surface area contributed by atoms with Crippen molar-refractivity contribution in [3.8, 4) is 0 Å². The fraction of sp³-hybridized carbons (Fsp3) is 1.00. The minimum absolute atomic E-state index is 0.546. The molecule has 0 aromatic heterocycles. The Balaban J connectivity index is 3.15. The largest absolute Gasteiger partial charge is 0.368 e. The zero-order valence-electron chi connectivity index (χ0n) is 6.73. The van der Waals surface area contributed by atoms with E-state index in [0.717, 1.165) is 19.3 Å². The van der Waals surface area contributed by atoms with Gasteiger partial charge in [-0.3, -0.25) is 10.0 Å². The first-order chi connectivity index (χ1) is 5.16. The third kappa shape index (κ3) is 8.17. The van der Waals surface area contributed by atoms with Crippen LogP contribution in [0.25, 0.3) is 0 Å². The van der Waals surface area contributed by atoms with E-state index in [1.807, 2.05) is 0 Å². The third-order valence-corrected chi connectivity index (χ3v) is 1.74. The fourth-order valence-corrected chi connectivity index (χ4v) is 1.10. The molecule has 2 atom stereocenters. The molecule has 0 aliphatic heterocycles. The van der Waals surface area contributed by atoms with Gasteiger partial charge in [-0.2, -0.15) is 0 Å². The average Bonchev–Trinajstić information content (AvgIpc) is 1.86. The molecule has 0 radical (unpaired) electrons. The van der Waals surface area contributed by atoms with E-state index in [4.69, 9.17) is 15.5 Å². The lowest BCUT2D eigenvalue weighted by atomic mass is 10.2. The van der Waals surface area contributed by atoms with Crippen LogP contribution in [0.2, 0.25) is 0 Å². The topological polar surface area (TPSA) is 75.7 Å². The van der Waals surface area contributed by atoms with Gasteiger partial charge < -0.3 is 10.00 Å². The van der Waals surface area contributed by atoms with E-state index in [1.165, 1.54) is 0 Å². The number of unbranched alkanes of at least 4 members (excludes halogenated alkanes) is 2. The van der Waals surface area contributed by atoms with Gasteiger partial charge in [-0.15, -0.1) is 0 Å². The molecule has 11 heavy (non-hydrogen) atoms. The number of rotatable bonds is 6. The Bertz CT molecular complexity index is 91.9. The van der Waals surface area contributed by atoms with Crippen molar-refractivity contribution in [1.29, 1.82) is 0 Å². The smallest absolute Gasteiger partial charge is 0.252 e. The second kappa shape index (κ2) is 6.95. The summed E-state index contributed by atoms with van der Waals surface area (Å²) in [5.74, 6) is 0. The molecule has 0 saturated carbocycles. The van der Waals surface area contributed by atoms with Crippen LogP contribution < -0.4 is 5.50 Å². The van der Waals surface area contributed by atoms with Crippen molar-refractivity contribution in [2.45, 2.75) is 38.9 Å². The van der Waals surface area contributed by atoms with Crippen LogP contribution in [0.4, 0.5) is 0 Å². The van der Waals surface area contributed by atoms with Crippen LogP contribution in [0.15, 0.2) is 0 Å². The van der Waals surface area contributed by atoms with Crippen molar-refractivity contribution in [3.63, 3.8) is 0 Å². The van der Waals surface area contributed by atoms with Crippen LogP contribution in [0.3, 0.4) is 0 Å². The first kappa shape index (κ1) is 11.3. The second-order valence-corrected chi connectivity index (χ2v) is 3.17. The van der Waals surface area contributed by atoms with Gasteiger partial charge in [0.05, 0.1) is 0 Å². The highest BCUT2D eigenvalue weighted by Crippen LogP contribution is 2.23. The fourth-order valence-electron chi connectivity index (χ4n) is 0.746. The summed E-state index contributed by atoms with van der Waals surface area (Å²) in [4.78, 5) is 8.54. The Labute approximate surface area is 68.3 Å². The molecule has 0 aliphatic carbocycles. The van der Waals surface area contributed by atoms with Gasteiger partial charge in [0.2, 0.25) is 0 Å². The van der Waals surface area contributed by atoms with Gasteiger partial charge in [0, 0.05) is 0 Å². The monoisotopic (exact) mass is 181 g/mol. The molecule has 0 spiro atoms. The van der Waals surface area contributed by atoms with Crippen molar-refractivity contribution < 1.29 is 14.5 Å². The van der Waals surface area contributed by atoms with Crippen molar-refractivity contribution >= 4 is 8.53 Å². The SMILES string of the molecule is CCCCCC(O)OP(N)O. The van der Waals surface area contributed by atoms with Gasteiger partial charge in [-0.05, 0) is 12.8 Å². The normalized spacial score (nSPS) is 16.4. The predicted octanol–water partition coefficient (Wildman–Crippen LogP) is 1.08. The number of hydrogen-bond acceptors (Lipinski definition) is 4. The van der Waals surface area contributed by atoms with Crippen LogP contribution in [0.5, 0.6) is 0 Å². The van der Waals surface area contributed by atoms with E-state index in [0.29, 0.717) is 6.42 Å². The highest BCUT2D eigenvalue weighted by molar-refractivity contribution is 7.43. The molecule has 4 nitrogen and oxygen atoms in total. The Morgan fingerprint density at radius 3 is 2.64 bits per heavy atom. The third-order valence-electron chi connectivity index (χ3n) is 1.28. The molecule has 0 amide bonds. The Morgan fingerprint density at radius 1 is 1.55 bits per heavy atom. The molecule has 0 aromatic rings. The summed E-state index contributed by atoms with van der Waals surface area (Å²) in [5, 5.41) is 9.00. The van der Waals surface area contributed by atoms with Gasteiger partial charge in [0.15, 0.2) is 6.29 Å². The maximum Gasteiger partial charge on any atom is 0.252 e. The van der Waals surface area contributed by atoms with Crippen LogP contribution >= 0.6 is 8.53 Å². The Kier molecular flexibility index (Phi) is 7.12. The molecule has 68 valence electrons. The summed E-state index contributed by atoms with van der Waals surface area (Å²) in [6, 6.07) is 0. The molecule has 5 heteroatoms. The molecule has 0 rings (SSSR count). The zero-order chi connectivity index (χ0) is 8.69. The molecular weight excluding hydrogens is 165 g/mol. The van der Waals surface area contributed by atoms with E-state index in [1.54, 1.807) is 0 Å². The number of aliphatic hydroxyl groups excluding tert-OH is 1. The predicted molar refractivity (Wildman–Crippen MR) is 44.6 cm³/mol. The molecule has 2 unspecified atom stereocenters. The molecule has 0 aliphatic rings. The quantitative estimate of drug-likeness (QED) is 0.325. The number of hydrogen-bond donors (Lipinski definition) is 3. The van der Waals surface area contributed by atoms with Crippen molar-refractivity contribution in [2.75, 3.05) is 0 Å². The lowest BCUT2D eigenvalue weighted by Crippen LogP contribution is -2.10. The number of nitrogens with two attached hydrogens (primary N) is 1. The van der Waals surface area contributed by atoms with Crippen LogP contribution in [0, 0.1) is 0 Å². The lowest BCUT2D eigenvalue weighted by molar-refractivity contribution is -0.0229. The summed E-state index contributed by atoms with van der Waals surface area (Å²) in [7, 11) is -1.91. The molecule has 0 heterocycles. The maximum absolute atomic E-state index is 9.00. The molecule has 0 aromatic carbocycles. The Hall–Kier alpha value is 0.270. The molecule has 4 N–H and O–H groups in total. The van der Waals surface area contributed by atoms with E-state index >= 15 is 0 Å². The minimum Gasteiger partial charge on any atom is -0.368 e. The standard InChI is InChI=1S/C6H16NO3P/c1-2-3-4-5-6(8)10-11(7)9/h6,8-9H,2-5,7H2,1H3.